The molecule has 0 radical (unpaired) electrons. The van der Waals surface area contributed by atoms with Gasteiger partial charge >= 0.3 is 0 Å². The molecule has 1 aromatic heterocycles. The van der Waals surface area contributed by atoms with E-state index in [0.29, 0.717) is 43.0 Å². The summed E-state index contributed by atoms with van der Waals surface area (Å²) in [6, 6.07) is 13.2. The number of hydrogen-bond donors (Lipinski definition) is 2. The maximum absolute atomic E-state index is 10.9. The number of rotatable bonds is 7. The first-order valence-corrected chi connectivity index (χ1v) is 10.1. The molecule has 1 saturated heterocycles. The molecule has 32 heavy (non-hydrogen) atoms. The monoisotopic (exact) mass is 454 g/mol. The van der Waals surface area contributed by atoms with Gasteiger partial charge in [0.1, 0.15) is 0 Å². The molecule has 3 aromatic rings. The summed E-state index contributed by atoms with van der Waals surface area (Å²) < 4.78 is 5.40. The molecule has 11 nitrogen and oxygen atoms in total. The van der Waals surface area contributed by atoms with Gasteiger partial charge in [0.05, 0.1) is 24.4 Å². The number of nitro groups is 1. The van der Waals surface area contributed by atoms with Crippen LogP contribution in [0.2, 0.25) is 5.02 Å². The van der Waals surface area contributed by atoms with Crippen LogP contribution in [0, 0.1) is 10.1 Å². The fraction of sp³-hybridized carbons (Fsp3) is 0.200. The van der Waals surface area contributed by atoms with Gasteiger partial charge < -0.3 is 15.0 Å². The van der Waals surface area contributed by atoms with E-state index in [2.05, 4.69) is 30.8 Å². The Morgan fingerprint density at radius 2 is 1.84 bits per heavy atom. The first-order valence-electron chi connectivity index (χ1n) is 9.72. The number of morpholine rings is 1. The number of anilines is 4. The lowest BCUT2D eigenvalue weighted by Gasteiger charge is -2.27. The lowest BCUT2D eigenvalue weighted by molar-refractivity contribution is -0.384. The minimum atomic E-state index is -0.455. The fourth-order valence-corrected chi connectivity index (χ4v) is 3.12. The standard InChI is InChI=1S/C20H19ClN8O3/c21-15-3-1-2-14(12-15)13-22-27-19-24-18(23-16-4-6-17(7-5-16)29(30)31)25-20(26-19)28-8-10-32-11-9-28/h1-7,12-13H,8-11H2,(H2,23,24,25,26,27)/b22-13+. The van der Waals surface area contributed by atoms with Crippen LogP contribution < -0.4 is 15.6 Å². The van der Waals surface area contributed by atoms with Gasteiger partial charge in [-0.1, -0.05) is 23.7 Å². The lowest BCUT2D eigenvalue weighted by atomic mass is 10.2. The molecular formula is C20H19ClN8O3. The van der Waals surface area contributed by atoms with Crippen molar-refractivity contribution in [2.75, 3.05) is 41.9 Å². The van der Waals surface area contributed by atoms with Crippen molar-refractivity contribution in [1.29, 1.82) is 0 Å². The lowest BCUT2D eigenvalue weighted by Crippen LogP contribution is -2.37. The third kappa shape index (κ3) is 5.65. The zero-order valence-corrected chi connectivity index (χ0v) is 17.6. The third-order valence-electron chi connectivity index (χ3n) is 4.48. The van der Waals surface area contributed by atoms with Crippen molar-refractivity contribution in [3.05, 3.63) is 69.2 Å². The average molecular weight is 455 g/mol. The minimum Gasteiger partial charge on any atom is -0.378 e. The molecule has 1 aliphatic rings. The van der Waals surface area contributed by atoms with E-state index in [0.717, 1.165) is 5.56 Å². The number of nitrogens with zero attached hydrogens (tertiary/aromatic N) is 6. The molecule has 2 aromatic carbocycles. The summed E-state index contributed by atoms with van der Waals surface area (Å²) in [5.41, 5.74) is 4.23. The second kappa shape index (κ2) is 9.98. The average Bonchev–Trinajstić information content (AvgIpc) is 2.80. The molecule has 0 saturated carbocycles. The molecule has 2 N–H and O–H groups in total. The van der Waals surface area contributed by atoms with E-state index >= 15 is 0 Å². The molecule has 0 unspecified atom stereocenters. The van der Waals surface area contributed by atoms with Gasteiger partial charge in [0.2, 0.25) is 17.8 Å². The van der Waals surface area contributed by atoms with Crippen molar-refractivity contribution in [1.82, 2.24) is 15.0 Å². The van der Waals surface area contributed by atoms with Crippen LogP contribution in [0.5, 0.6) is 0 Å². The van der Waals surface area contributed by atoms with Crippen molar-refractivity contribution < 1.29 is 9.66 Å². The number of ether oxygens (including phenoxy) is 1. The van der Waals surface area contributed by atoms with E-state index in [1.165, 1.54) is 12.1 Å². The van der Waals surface area contributed by atoms with E-state index in [4.69, 9.17) is 16.3 Å². The zero-order valence-electron chi connectivity index (χ0n) is 16.8. The maximum Gasteiger partial charge on any atom is 0.269 e. The van der Waals surface area contributed by atoms with E-state index < -0.39 is 4.92 Å². The summed E-state index contributed by atoms with van der Waals surface area (Å²) in [5, 5.41) is 18.7. The summed E-state index contributed by atoms with van der Waals surface area (Å²) in [6.07, 6.45) is 1.60. The van der Waals surface area contributed by atoms with Crippen molar-refractivity contribution in [3.8, 4) is 0 Å². The number of hydrogen-bond acceptors (Lipinski definition) is 10. The second-order valence-electron chi connectivity index (χ2n) is 6.74. The molecular weight excluding hydrogens is 436 g/mol. The molecule has 0 amide bonds. The van der Waals surface area contributed by atoms with Crippen molar-refractivity contribution >= 4 is 47.0 Å². The number of nitro benzene ring substituents is 1. The fourth-order valence-electron chi connectivity index (χ4n) is 2.92. The highest BCUT2D eigenvalue weighted by Crippen LogP contribution is 2.21. The molecule has 2 heterocycles. The van der Waals surface area contributed by atoms with Gasteiger partial charge in [0.15, 0.2) is 0 Å². The molecule has 0 atom stereocenters. The zero-order chi connectivity index (χ0) is 22.3. The van der Waals surface area contributed by atoms with Crippen LogP contribution in [0.4, 0.5) is 29.2 Å². The van der Waals surface area contributed by atoms with Gasteiger partial charge in [0, 0.05) is 35.9 Å². The normalized spacial score (nSPS) is 13.8. The van der Waals surface area contributed by atoms with Crippen LogP contribution in [-0.2, 0) is 4.74 Å². The van der Waals surface area contributed by atoms with Crippen LogP contribution >= 0.6 is 11.6 Å². The van der Waals surface area contributed by atoms with Crippen molar-refractivity contribution in [2.45, 2.75) is 0 Å². The SMILES string of the molecule is O=[N+]([O-])c1ccc(Nc2nc(N/N=C/c3cccc(Cl)c3)nc(N3CCOCC3)n2)cc1. The van der Waals surface area contributed by atoms with Crippen molar-refractivity contribution in [2.24, 2.45) is 5.10 Å². The highest BCUT2D eigenvalue weighted by molar-refractivity contribution is 6.30. The smallest absolute Gasteiger partial charge is 0.269 e. The Morgan fingerprint density at radius 3 is 2.56 bits per heavy atom. The third-order valence-corrected chi connectivity index (χ3v) is 4.71. The van der Waals surface area contributed by atoms with Gasteiger partial charge in [-0.2, -0.15) is 20.1 Å². The predicted molar refractivity (Wildman–Crippen MR) is 122 cm³/mol. The molecule has 1 aliphatic heterocycles. The van der Waals surface area contributed by atoms with E-state index in [-0.39, 0.29) is 17.6 Å². The minimum absolute atomic E-state index is 0.00193. The summed E-state index contributed by atoms with van der Waals surface area (Å²) in [5.74, 6) is 0.980. The Bertz CT molecular complexity index is 1120. The van der Waals surface area contributed by atoms with Crippen LogP contribution in [-0.4, -0.2) is 52.4 Å². The molecule has 12 heteroatoms. The summed E-state index contributed by atoms with van der Waals surface area (Å²) >= 11 is 6.00. The summed E-state index contributed by atoms with van der Waals surface area (Å²) in [6.45, 7) is 2.44. The molecule has 0 aliphatic carbocycles. The number of nitrogens with one attached hydrogen (secondary N) is 2. The Hall–Kier alpha value is -3.83. The molecule has 4 rings (SSSR count). The summed E-state index contributed by atoms with van der Waals surface area (Å²) in [4.78, 5) is 25.7. The van der Waals surface area contributed by atoms with E-state index in [9.17, 15) is 10.1 Å². The largest absolute Gasteiger partial charge is 0.378 e. The number of benzene rings is 2. The number of hydrazone groups is 1. The Morgan fingerprint density at radius 1 is 1.09 bits per heavy atom. The highest BCUT2D eigenvalue weighted by atomic mass is 35.5. The Labute approximate surface area is 188 Å². The first kappa shape index (κ1) is 21.4. The van der Waals surface area contributed by atoms with Crippen LogP contribution in [0.25, 0.3) is 0 Å². The van der Waals surface area contributed by atoms with Crippen molar-refractivity contribution in [3.63, 3.8) is 0 Å². The van der Waals surface area contributed by atoms with Gasteiger partial charge in [-0.15, -0.1) is 0 Å². The molecule has 164 valence electrons. The van der Waals surface area contributed by atoms with Gasteiger partial charge in [-0.25, -0.2) is 5.43 Å². The van der Waals surface area contributed by atoms with Crippen LogP contribution in [0.15, 0.2) is 53.6 Å². The van der Waals surface area contributed by atoms with E-state index in [1.54, 1.807) is 30.5 Å². The topological polar surface area (TPSA) is 131 Å². The van der Waals surface area contributed by atoms with Gasteiger partial charge in [-0.3, -0.25) is 10.1 Å². The number of non-ortho nitro benzene ring substituents is 1. The second-order valence-corrected chi connectivity index (χ2v) is 7.17. The molecule has 0 bridgehead atoms. The first-order chi connectivity index (χ1) is 15.6. The summed E-state index contributed by atoms with van der Waals surface area (Å²) in [7, 11) is 0. The quantitative estimate of drug-likeness (QED) is 0.313. The Kier molecular flexibility index (Phi) is 6.68. The van der Waals surface area contributed by atoms with Gasteiger partial charge in [0.25, 0.3) is 5.69 Å². The molecule has 1 fully saturated rings. The Balaban J connectivity index is 1.56. The van der Waals surface area contributed by atoms with E-state index in [1.807, 2.05) is 17.0 Å². The van der Waals surface area contributed by atoms with Gasteiger partial charge in [-0.05, 0) is 29.8 Å². The maximum atomic E-state index is 10.9. The number of aromatic nitrogens is 3. The highest BCUT2D eigenvalue weighted by Gasteiger charge is 2.17. The predicted octanol–water partition coefficient (Wildman–Crippen LogP) is 3.46. The molecule has 0 spiro atoms. The van der Waals surface area contributed by atoms with Crippen LogP contribution in [0.3, 0.4) is 0 Å². The number of halogens is 1. The van der Waals surface area contributed by atoms with Crippen LogP contribution in [0.1, 0.15) is 5.56 Å².